The maximum Gasteiger partial charge on any atom is 0.187 e. The molecule has 4 aliphatic carbocycles. The molecule has 380 valence electrons. The third-order valence-corrected chi connectivity index (χ3v) is 18.3. The number of rotatable bonds is 14. The van der Waals surface area contributed by atoms with E-state index in [2.05, 4.69) is 33.8 Å². The molecule has 3 unspecified atom stereocenters. The van der Waals surface area contributed by atoms with Crippen LogP contribution in [-0.4, -0.2) is 186 Å². The fraction of sp³-hybridized carbons (Fsp3) is 0.938. The quantitative estimate of drug-likeness (QED) is 0.104. The molecule has 7 rings (SSSR count). The summed E-state index contributed by atoms with van der Waals surface area (Å²) in [6, 6.07) is 0. The van der Waals surface area contributed by atoms with Crippen LogP contribution in [0.25, 0.3) is 0 Å². The molecular weight excluding hydrogens is 865 g/mol. The topological polar surface area (TPSA) is 295 Å². The summed E-state index contributed by atoms with van der Waals surface area (Å²) < 4.78 is 35.7. The number of hydrogen-bond acceptors (Lipinski definition) is 18. The lowest BCUT2D eigenvalue weighted by molar-refractivity contribution is -0.379. The minimum absolute atomic E-state index is 0.0503. The van der Waals surface area contributed by atoms with E-state index in [0.29, 0.717) is 19.3 Å². The first-order valence-corrected chi connectivity index (χ1v) is 24.3. The minimum Gasteiger partial charge on any atom is -0.394 e. The Morgan fingerprint density at radius 2 is 1.45 bits per heavy atom. The summed E-state index contributed by atoms with van der Waals surface area (Å²) in [5.74, 6) is 0.881. The summed E-state index contributed by atoms with van der Waals surface area (Å²) in [7, 11) is 0. The van der Waals surface area contributed by atoms with Gasteiger partial charge in [-0.15, -0.1) is 0 Å². The zero-order chi connectivity index (χ0) is 48.6. The highest BCUT2D eigenvalue weighted by molar-refractivity contribution is 5.88. The molecule has 3 saturated heterocycles. The molecule has 3 aliphatic heterocycles. The monoisotopic (exact) mass is 945 g/mol. The highest BCUT2D eigenvalue weighted by Crippen LogP contribution is 2.75. The minimum atomic E-state index is -1.88. The van der Waals surface area contributed by atoms with Crippen molar-refractivity contribution in [2.45, 2.75) is 217 Å². The van der Waals surface area contributed by atoms with Crippen LogP contribution in [0.3, 0.4) is 0 Å². The number of ketones is 1. The Labute approximate surface area is 388 Å². The number of allylic oxidation sites excluding steroid dienone is 2. The molecule has 0 spiro atoms. The van der Waals surface area contributed by atoms with Crippen molar-refractivity contribution in [3.63, 3.8) is 0 Å². The molecule has 18 nitrogen and oxygen atoms in total. The average Bonchev–Trinajstić information content (AvgIpc) is 3.53. The predicted molar refractivity (Wildman–Crippen MR) is 233 cm³/mol. The second-order valence-electron chi connectivity index (χ2n) is 22.7. The van der Waals surface area contributed by atoms with Crippen molar-refractivity contribution in [1.82, 2.24) is 0 Å². The molecule has 66 heavy (non-hydrogen) atoms. The van der Waals surface area contributed by atoms with E-state index in [-0.39, 0.29) is 58.5 Å². The van der Waals surface area contributed by atoms with Gasteiger partial charge < -0.3 is 84.6 Å². The Hall–Kier alpha value is -1.27. The van der Waals surface area contributed by atoms with E-state index < -0.39 is 129 Å². The van der Waals surface area contributed by atoms with Crippen molar-refractivity contribution in [3.8, 4) is 0 Å². The van der Waals surface area contributed by atoms with E-state index in [9.17, 15) is 61.0 Å². The van der Waals surface area contributed by atoms with Gasteiger partial charge in [0.1, 0.15) is 60.7 Å². The van der Waals surface area contributed by atoms with E-state index >= 15 is 0 Å². The first-order chi connectivity index (χ1) is 30.8. The van der Waals surface area contributed by atoms with Crippen molar-refractivity contribution < 1.29 is 89.4 Å². The van der Waals surface area contributed by atoms with Gasteiger partial charge in [0.2, 0.25) is 0 Å². The molecule has 0 bridgehead atoms. The molecule has 11 N–H and O–H groups in total. The maximum absolute atomic E-state index is 13.1. The molecule has 0 radical (unpaired) electrons. The van der Waals surface area contributed by atoms with Gasteiger partial charge in [-0.25, -0.2) is 0 Å². The Morgan fingerprint density at radius 3 is 2.11 bits per heavy atom. The SMILES string of the molecule is C[C@H](CC[C@@H](O[C@@H]1O[C@H](CO[C@@H]2O[C@H](CO)C[C@H](O)C2O)[C@@H](O)[C@H](O)[C@H]1O[C@@H]1O[C@H](CO)[C@@H](O)[C@H](O)[C@H]1O)C(C)(C)O)C1CC[C@@]2(C)C3CC=C4[C@@H](CCC(=O)C4(C)C)[C@]3(C)[C@H](O)C[C@]12C. The molecule has 18 heteroatoms. The van der Waals surface area contributed by atoms with Crippen molar-refractivity contribution >= 4 is 5.78 Å². The summed E-state index contributed by atoms with van der Waals surface area (Å²) in [5.41, 5.74) is -1.61. The summed E-state index contributed by atoms with van der Waals surface area (Å²) in [4.78, 5) is 13.1. The molecule has 7 aliphatic rings. The third-order valence-electron chi connectivity index (χ3n) is 18.3. The van der Waals surface area contributed by atoms with Gasteiger partial charge in [-0.05, 0) is 107 Å². The maximum atomic E-state index is 13.1. The first-order valence-electron chi connectivity index (χ1n) is 24.3. The Bertz CT molecular complexity index is 1720. The highest BCUT2D eigenvalue weighted by Gasteiger charge is 2.70. The fourth-order valence-corrected chi connectivity index (χ4v) is 13.9. The number of fused-ring (bicyclic) bond motifs is 5. The van der Waals surface area contributed by atoms with Gasteiger partial charge in [-0.3, -0.25) is 4.79 Å². The molecule has 0 aromatic carbocycles. The van der Waals surface area contributed by atoms with Gasteiger partial charge in [-0.2, -0.15) is 0 Å². The van der Waals surface area contributed by atoms with Gasteiger partial charge in [0.15, 0.2) is 18.9 Å². The molecule has 0 aromatic rings. The standard InChI is InChI=1S/C48H80O18/c1-22(24-15-16-46(6)30-12-10-25-26(11-13-31(52)44(25,2)3)48(30,8)32(53)18-47(24,46)7)9-14-33(45(4,5)60)65-43-40(66-42-39(59)37(57)35(55)28(20-50)63-42)38(58)36(56)29(64-43)21-61-41-34(54)27(51)17-23(19-49)62-41/h10,22-24,26-30,32-43,49-51,53-60H,9,11-21H2,1-8H3/t22-,23+,24?,26-,27+,28-,29-,30?,32-,33-,34?,35-,36-,37+,38+,39-,40-,41-,42+,43+,46+,47-,48+/m1/s1. The molecule has 23 atom stereocenters. The molecule has 3 saturated carbocycles. The van der Waals surface area contributed by atoms with Crippen LogP contribution in [0.4, 0.5) is 0 Å². The van der Waals surface area contributed by atoms with Gasteiger partial charge in [0.05, 0.1) is 49.8 Å². The molecule has 3 heterocycles. The van der Waals surface area contributed by atoms with Crippen LogP contribution in [0.5, 0.6) is 0 Å². The van der Waals surface area contributed by atoms with Crippen molar-refractivity contribution in [2.24, 2.45) is 45.3 Å². The van der Waals surface area contributed by atoms with E-state index in [1.54, 1.807) is 13.8 Å². The van der Waals surface area contributed by atoms with Gasteiger partial charge in [-0.1, -0.05) is 39.3 Å². The smallest absolute Gasteiger partial charge is 0.187 e. The molecule has 6 fully saturated rings. The largest absolute Gasteiger partial charge is 0.394 e. The second-order valence-corrected chi connectivity index (χ2v) is 22.7. The van der Waals surface area contributed by atoms with Gasteiger partial charge in [0, 0.05) is 23.7 Å². The summed E-state index contributed by atoms with van der Waals surface area (Å²) in [6.07, 6.45) is -15.8. The fourth-order valence-electron chi connectivity index (χ4n) is 13.9. The van der Waals surface area contributed by atoms with Crippen molar-refractivity contribution in [3.05, 3.63) is 11.6 Å². The summed E-state index contributed by atoms with van der Waals surface area (Å²) >= 11 is 0. The Balaban J connectivity index is 1.10. The molecule has 0 aromatic heterocycles. The second kappa shape index (κ2) is 19.4. The number of ether oxygens (including phenoxy) is 6. The predicted octanol–water partition coefficient (Wildman–Crippen LogP) is 0.181. The number of carbonyl (C=O) groups excluding carboxylic acids is 1. The number of carbonyl (C=O) groups is 1. The van der Waals surface area contributed by atoms with Gasteiger partial charge in [0.25, 0.3) is 0 Å². The van der Waals surface area contributed by atoms with Gasteiger partial charge >= 0.3 is 0 Å². The third kappa shape index (κ3) is 9.03. The normalized spacial score (nSPS) is 49.3. The van der Waals surface area contributed by atoms with E-state index in [0.717, 1.165) is 25.7 Å². The molecule has 0 amide bonds. The van der Waals surface area contributed by atoms with Crippen LogP contribution in [0.1, 0.15) is 113 Å². The van der Waals surface area contributed by atoms with Crippen LogP contribution in [-0.2, 0) is 33.2 Å². The van der Waals surface area contributed by atoms with E-state index in [1.165, 1.54) is 5.57 Å². The Morgan fingerprint density at radius 1 is 0.788 bits per heavy atom. The van der Waals surface area contributed by atoms with E-state index in [1.807, 2.05) is 13.8 Å². The highest BCUT2D eigenvalue weighted by atomic mass is 16.8. The lowest BCUT2D eigenvalue weighted by atomic mass is 9.38. The van der Waals surface area contributed by atoms with Crippen LogP contribution in [0.2, 0.25) is 0 Å². The van der Waals surface area contributed by atoms with E-state index in [4.69, 9.17) is 28.4 Å². The van der Waals surface area contributed by atoms with Crippen LogP contribution < -0.4 is 0 Å². The van der Waals surface area contributed by atoms with Crippen LogP contribution >= 0.6 is 0 Å². The zero-order valence-electron chi connectivity index (χ0n) is 39.9. The number of aliphatic hydroxyl groups excluding tert-OH is 10. The van der Waals surface area contributed by atoms with Crippen molar-refractivity contribution in [2.75, 3.05) is 19.8 Å². The Kier molecular flexibility index (Phi) is 15.4. The molecular formula is C48H80O18. The first kappa shape index (κ1) is 52.6. The number of Topliss-reactive ketones (excluding diaryl/α,β-unsaturated/α-hetero) is 1. The summed E-state index contributed by atoms with van der Waals surface area (Å²) in [5, 5.41) is 119. The number of hydrogen-bond donors (Lipinski definition) is 11. The summed E-state index contributed by atoms with van der Waals surface area (Å²) in [6.45, 7) is 14.6. The van der Waals surface area contributed by atoms with Crippen molar-refractivity contribution in [1.29, 1.82) is 0 Å². The lowest BCUT2D eigenvalue weighted by Gasteiger charge is -2.67. The zero-order valence-corrected chi connectivity index (χ0v) is 39.9. The lowest BCUT2D eigenvalue weighted by Crippen LogP contribution is -2.65. The number of aliphatic hydroxyl groups is 11. The van der Waals surface area contributed by atoms with Crippen LogP contribution in [0, 0.1) is 45.3 Å². The van der Waals surface area contributed by atoms with Crippen LogP contribution in [0.15, 0.2) is 11.6 Å². The average molecular weight is 945 g/mol.